The number of carbonyl (C=O) groups is 2. The van der Waals surface area contributed by atoms with E-state index in [1.165, 1.54) is 18.6 Å². The lowest BCUT2D eigenvalue weighted by Gasteiger charge is -2.34. The largest absolute Gasteiger partial charge is 0.335 e. The first-order chi connectivity index (χ1) is 14.0. The Kier molecular flexibility index (Phi) is 5.21. The minimum atomic E-state index is -0.335. The molecule has 0 atom stereocenters. The number of amides is 2. The Labute approximate surface area is 175 Å². The number of nitrogens with one attached hydrogen (secondary N) is 1. The number of fused-ring (bicyclic) bond motifs is 1. The number of benzene rings is 1. The van der Waals surface area contributed by atoms with Gasteiger partial charge in [-0.1, -0.05) is 29.3 Å². The van der Waals surface area contributed by atoms with Gasteiger partial charge in [0.05, 0.1) is 39.0 Å². The fourth-order valence-electron chi connectivity index (χ4n) is 3.22. The number of nitrogens with zero attached hydrogens (tertiary/aromatic N) is 4. The monoisotopic (exact) mass is 431 g/mol. The predicted molar refractivity (Wildman–Crippen MR) is 108 cm³/mol. The summed E-state index contributed by atoms with van der Waals surface area (Å²) in [6.45, 7) is 1.33. The van der Waals surface area contributed by atoms with Crippen molar-refractivity contribution in [3.63, 3.8) is 0 Å². The number of carbonyl (C=O) groups excluding carboxylic acids is 2. The van der Waals surface area contributed by atoms with Crippen LogP contribution in [0.5, 0.6) is 0 Å². The second-order valence-corrected chi connectivity index (χ2v) is 7.31. The molecule has 148 valence electrons. The maximum Gasteiger partial charge on any atom is 0.272 e. The topological polar surface area (TPSA) is 99.3 Å². The maximum atomic E-state index is 12.8. The molecule has 2 aromatic heterocycles. The van der Waals surface area contributed by atoms with Crippen molar-refractivity contribution < 1.29 is 9.59 Å². The molecule has 0 radical (unpaired) electrons. The summed E-state index contributed by atoms with van der Waals surface area (Å²) in [5.74, 6) is -0.577. The van der Waals surface area contributed by atoms with E-state index in [-0.39, 0.29) is 28.6 Å². The van der Waals surface area contributed by atoms with Gasteiger partial charge in [-0.25, -0.2) is 9.97 Å². The molecule has 0 spiro atoms. The Morgan fingerprint density at radius 3 is 2.24 bits per heavy atom. The second kappa shape index (κ2) is 7.81. The summed E-state index contributed by atoms with van der Waals surface area (Å²) in [6.07, 6.45) is 2.69. The molecule has 4 rings (SSSR count). The van der Waals surface area contributed by atoms with Crippen LogP contribution in [0.2, 0.25) is 10.0 Å². The van der Waals surface area contributed by atoms with Crippen LogP contribution in [-0.4, -0.2) is 62.7 Å². The molecule has 10 heteroatoms. The second-order valence-electron chi connectivity index (χ2n) is 6.50. The number of hydrogen-bond acceptors (Lipinski definition) is 5. The molecule has 0 bridgehead atoms. The minimum Gasteiger partial charge on any atom is -0.335 e. The summed E-state index contributed by atoms with van der Waals surface area (Å²) >= 11 is 12.3. The highest BCUT2D eigenvalue weighted by molar-refractivity contribution is 6.39. The number of pyridine rings is 1. The molecule has 0 saturated carbocycles. The molecular weight excluding hydrogens is 417 g/mol. The molecule has 1 aliphatic heterocycles. The standard InChI is InChI=1S/C19H15Cl2N5O3/c20-12-2-1-3-13(21)16(12)19(29)26-6-4-25(5-7-26)18(28)14-8-11-15(9-22-14)23-10-24-17(11)27/h1-3,8-10H,4-7H2,(H,23,24,27). The third kappa shape index (κ3) is 3.68. The molecule has 1 aliphatic rings. The molecule has 0 aliphatic carbocycles. The molecule has 3 heterocycles. The van der Waals surface area contributed by atoms with E-state index in [0.29, 0.717) is 47.1 Å². The Morgan fingerprint density at radius 2 is 1.59 bits per heavy atom. The lowest BCUT2D eigenvalue weighted by molar-refractivity contribution is 0.0532. The van der Waals surface area contributed by atoms with Crippen molar-refractivity contribution in [2.24, 2.45) is 0 Å². The van der Waals surface area contributed by atoms with Crippen molar-refractivity contribution in [2.75, 3.05) is 26.2 Å². The van der Waals surface area contributed by atoms with E-state index in [1.54, 1.807) is 28.0 Å². The normalized spacial score (nSPS) is 14.3. The van der Waals surface area contributed by atoms with Gasteiger partial charge >= 0.3 is 0 Å². The van der Waals surface area contributed by atoms with E-state index in [2.05, 4.69) is 15.0 Å². The van der Waals surface area contributed by atoms with E-state index < -0.39 is 0 Å². The number of hydrogen-bond donors (Lipinski definition) is 1. The van der Waals surface area contributed by atoms with E-state index in [4.69, 9.17) is 23.2 Å². The molecule has 2 amide bonds. The van der Waals surface area contributed by atoms with Crippen molar-refractivity contribution in [1.82, 2.24) is 24.8 Å². The fourth-order valence-corrected chi connectivity index (χ4v) is 3.78. The average molecular weight is 432 g/mol. The summed E-state index contributed by atoms with van der Waals surface area (Å²) in [7, 11) is 0. The van der Waals surface area contributed by atoms with Crippen molar-refractivity contribution in [2.45, 2.75) is 0 Å². The molecule has 0 unspecified atom stereocenters. The highest BCUT2D eigenvalue weighted by atomic mass is 35.5. The van der Waals surface area contributed by atoms with Crippen LogP contribution in [0.3, 0.4) is 0 Å². The lowest BCUT2D eigenvalue weighted by atomic mass is 10.1. The smallest absolute Gasteiger partial charge is 0.272 e. The minimum absolute atomic E-state index is 0.157. The van der Waals surface area contributed by atoms with Crippen molar-refractivity contribution in [3.8, 4) is 0 Å². The fraction of sp³-hybridized carbons (Fsp3) is 0.211. The lowest BCUT2D eigenvalue weighted by Crippen LogP contribution is -2.50. The molecule has 3 aromatic rings. The van der Waals surface area contributed by atoms with Gasteiger partial charge in [-0.15, -0.1) is 0 Å². The average Bonchev–Trinajstić information content (AvgIpc) is 2.73. The number of halogens is 2. The number of rotatable bonds is 2. The number of piperazine rings is 1. The van der Waals surface area contributed by atoms with Gasteiger partial charge in [-0.05, 0) is 18.2 Å². The zero-order chi connectivity index (χ0) is 20.5. The van der Waals surface area contributed by atoms with Crippen molar-refractivity contribution in [3.05, 3.63) is 68.4 Å². The molecule has 8 nitrogen and oxygen atoms in total. The molecule has 1 saturated heterocycles. The highest BCUT2D eigenvalue weighted by Gasteiger charge is 2.28. The van der Waals surface area contributed by atoms with Crippen molar-refractivity contribution >= 4 is 45.9 Å². The van der Waals surface area contributed by atoms with Gasteiger partial charge in [0.2, 0.25) is 0 Å². The van der Waals surface area contributed by atoms with Crippen molar-refractivity contribution in [1.29, 1.82) is 0 Å². The summed E-state index contributed by atoms with van der Waals surface area (Å²) in [6, 6.07) is 6.34. The molecule has 1 N–H and O–H groups in total. The molecule has 1 fully saturated rings. The van der Waals surface area contributed by atoms with Crippen LogP contribution < -0.4 is 5.56 Å². The summed E-state index contributed by atoms with van der Waals surface area (Å²) in [5, 5.41) is 0.883. The van der Waals surface area contributed by atoms with Gasteiger partial charge in [0.1, 0.15) is 5.69 Å². The first kappa shape index (κ1) is 19.4. The summed E-state index contributed by atoms with van der Waals surface area (Å²) < 4.78 is 0. The van der Waals surface area contributed by atoms with Gasteiger partial charge in [0, 0.05) is 26.2 Å². The Bertz CT molecular complexity index is 1150. The summed E-state index contributed by atoms with van der Waals surface area (Å²) in [4.78, 5) is 51.3. The van der Waals surface area contributed by atoms with Crippen LogP contribution in [-0.2, 0) is 0 Å². The van der Waals surface area contributed by atoms with Crippen LogP contribution in [0.25, 0.3) is 10.9 Å². The number of aromatic nitrogens is 3. The molecule has 1 aromatic carbocycles. The van der Waals surface area contributed by atoms with Crippen LogP contribution in [0.4, 0.5) is 0 Å². The van der Waals surface area contributed by atoms with Gasteiger partial charge in [-0.3, -0.25) is 14.4 Å². The zero-order valence-corrected chi connectivity index (χ0v) is 16.6. The molecular formula is C19H15Cl2N5O3. The van der Waals surface area contributed by atoms with Crippen LogP contribution in [0.1, 0.15) is 20.8 Å². The predicted octanol–water partition coefficient (Wildman–Crippen LogP) is 2.22. The van der Waals surface area contributed by atoms with E-state index in [0.717, 1.165) is 0 Å². The van der Waals surface area contributed by atoms with Crippen LogP contribution in [0, 0.1) is 0 Å². The highest BCUT2D eigenvalue weighted by Crippen LogP contribution is 2.26. The third-order valence-corrected chi connectivity index (χ3v) is 5.41. The van der Waals surface area contributed by atoms with Gasteiger partial charge < -0.3 is 14.8 Å². The Hall–Kier alpha value is -2.97. The van der Waals surface area contributed by atoms with Crippen LogP contribution >= 0.6 is 23.2 Å². The third-order valence-electron chi connectivity index (χ3n) is 4.78. The van der Waals surface area contributed by atoms with E-state index in [9.17, 15) is 14.4 Å². The Balaban J connectivity index is 1.48. The summed E-state index contributed by atoms with van der Waals surface area (Å²) in [5.41, 5.74) is 0.499. The van der Waals surface area contributed by atoms with Gasteiger partial charge in [-0.2, -0.15) is 0 Å². The van der Waals surface area contributed by atoms with Gasteiger partial charge in [0.15, 0.2) is 0 Å². The first-order valence-corrected chi connectivity index (χ1v) is 9.57. The van der Waals surface area contributed by atoms with Crippen LogP contribution in [0.15, 0.2) is 41.6 Å². The quantitative estimate of drug-likeness (QED) is 0.670. The number of aromatic amines is 1. The molecule has 29 heavy (non-hydrogen) atoms. The SMILES string of the molecule is O=C(c1cc2c(=O)[nH]cnc2cn1)N1CCN(C(=O)c2c(Cl)cccc2Cl)CC1. The zero-order valence-electron chi connectivity index (χ0n) is 15.1. The maximum absolute atomic E-state index is 12.8. The van der Waals surface area contributed by atoms with E-state index in [1.807, 2.05) is 0 Å². The first-order valence-electron chi connectivity index (χ1n) is 8.81. The Morgan fingerprint density at radius 1 is 0.966 bits per heavy atom. The van der Waals surface area contributed by atoms with Gasteiger partial charge in [0.25, 0.3) is 17.4 Å². The van der Waals surface area contributed by atoms with E-state index >= 15 is 0 Å². The number of H-pyrrole nitrogens is 1.